The molecular formula is C18H25NO2. The van der Waals surface area contributed by atoms with E-state index in [9.17, 15) is 4.79 Å². The van der Waals surface area contributed by atoms with Crippen LogP contribution in [0, 0.1) is 5.92 Å². The van der Waals surface area contributed by atoms with E-state index in [-0.39, 0.29) is 18.0 Å². The second kappa shape index (κ2) is 5.80. The maximum atomic E-state index is 12.7. The van der Waals surface area contributed by atoms with Gasteiger partial charge in [0.25, 0.3) is 0 Å². The molecule has 2 aliphatic carbocycles. The quantitative estimate of drug-likeness (QED) is 0.847. The summed E-state index contributed by atoms with van der Waals surface area (Å²) in [6, 6.07) is 8.29. The Morgan fingerprint density at radius 1 is 1.24 bits per heavy atom. The molecule has 0 saturated heterocycles. The van der Waals surface area contributed by atoms with E-state index in [1.54, 1.807) is 0 Å². The lowest BCUT2D eigenvalue weighted by atomic mass is 9.74. The van der Waals surface area contributed by atoms with Gasteiger partial charge in [0.15, 0.2) is 0 Å². The van der Waals surface area contributed by atoms with Crippen molar-refractivity contribution in [2.45, 2.75) is 63.5 Å². The third-order valence-corrected chi connectivity index (χ3v) is 5.30. The molecule has 114 valence electrons. The standard InChI is InChI=1S/C18H25NO2/c1-13-7-4-5-12-18(13,19)17(20)21-16-11-6-9-14-8-2-3-10-15(14)16/h2-3,8,10,13,16H,4-7,9,11-12,19H2,1H3. The Morgan fingerprint density at radius 3 is 2.86 bits per heavy atom. The number of carbonyl (C=O) groups excluding carboxylic acids is 1. The summed E-state index contributed by atoms with van der Waals surface area (Å²) in [6.45, 7) is 2.08. The SMILES string of the molecule is CC1CCCCC1(N)C(=O)OC1CCCc2ccccc21. The van der Waals surface area contributed by atoms with E-state index in [1.165, 1.54) is 17.5 Å². The minimum Gasteiger partial charge on any atom is -0.456 e. The van der Waals surface area contributed by atoms with Crippen LogP contribution in [0.5, 0.6) is 0 Å². The Bertz CT molecular complexity index is 528. The Morgan fingerprint density at radius 2 is 2.05 bits per heavy atom. The highest BCUT2D eigenvalue weighted by Gasteiger charge is 2.43. The molecule has 3 rings (SSSR count). The molecule has 0 spiro atoms. The van der Waals surface area contributed by atoms with Gasteiger partial charge in [0, 0.05) is 0 Å². The summed E-state index contributed by atoms with van der Waals surface area (Å²) in [4.78, 5) is 12.7. The fourth-order valence-electron chi connectivity index (χ4n) is 3.75. The van der Waals surface area contributed by atoms with Gasteiger partial charge in [0.05, 0.1) is 0 Å². The summed E-state index contributed by atoms with van der Waals surface area (Å²) in [6.07, 6.45) is 6.91. The molecular weight excluding hydrogens is 262 g/mol. The van der Waals surface area contributed by atoms with Crippen molar-refractivity contribution in [1.82, 2.24) is 0 Å². The number of ether oxygens (including phenoxy) is 1. The van der Waals surface area contributed by atoms with Gasteiger partial charge in [-0.2, -0.15) is 0 Å². The molecule has 0 radical (unpaired) electrons. The molecule has 0 amide bonds. The molecule has 0 bridgehead atoms. The average Bonchev–Trinajstić information content (AvgIpc) is 2.50. The molecule has 1 saturated carbocycles. The summed E-state index contributed by atoms with van der Waals surface area (Å²) >= 11 is 0. The van der Waals surface area contributed by atoms with Crippen molar-refractivity contribution in [2.24, 2.45) is 11.7 Å². The lowest BCUT2D eigenvalue weighted by molar-refractivity contribution is -0.160. The molecule has 1 aromatic carbocycles. The predicted molar refractivity (Wildman–Crippen MR) is 82.8 cm³/mol. The maximum absolute atomic E-state index is 12.7. The highest BCUT2D eigenvalue weighted by molar-refractivity contribution is 5.81. The number of carbonyl (C=O) groups is 1. The average molecular weight is 287 g/mol. The van der Waals surface area contributed by atoms with Crippen molar-refractivity contribution in [3.8, 4) is 0 Å². The largest absolute Gasteiger partial charge is 0.456 e. The predicted octanol–water partition coefficient (Wildman–Crippen LogP) is 3.51. The van der Waals surface area contributed by atoms with E-state index in [4.69, 9.17) is 10.5 Å². The highest BCUT2D eigenvalue weighted by Crippen LogP contribution is 2.37. The van der Waals surface area contributed by atoms with Gasteiger partial charge in [-0.05, 0) is 49.1 Å². The van der Waals surface area contributed by atoms with Gasteiger partial charge in [-0.1, -0.05) is 44.0 Å². The smallest absolute Gasteiger partial charge is 0.327 e. The molecule has 1 aromatic rings. The van der Waals surface area contributed by atoms with Gasteiger partial charge >= 0.3 is 5.97 Å². The highest BCUT2D eigenvalue weighted by atomic mass is 16.5. The van der Waals surface area contributed by atoms with Gasteiger partial charge < -0.3 is 10.5 Å². The van der Waals surface area contributed by atoms with Crippen LogP contribution in [0.25, 0.3) is 0 Å². The van der Waals surface area contributed by atoms with Gasteiger partial charge in [0.1, 0.15) is 11.6 Å². The lowest BCUT2D eigenvalue weighted by Crippen LogP contribution is -2.55. The van der Waals surface area contributed by atoms with Crippen molar-refractivity contribution >= 4 is 5.97 Å². The number of esters is 1. The van der Waals surface area contributed by atoms with E-state index in [0.29, 0.717) is 0 Å². The summed E-state index contributed by atoms with van der Waals surface area (Å²) < 4.78 is 5.87. The zero-order valence-corrected chi connectivity index (χ0v) is 12.8. The van der Waals surface area contributed by atoms with E-state index in [0.717, 1.165) is 38.5 Å². The number of benzene rings is 1. The first kappa shape index (κ1) is 14.6. The van der Waals surface area contributed by atoms with E-state index in [2.05, 4.69) is 25.1 Å². The Hall–Kier alpha value is -1.35. The van der Waals surface area contributed by atoms with Crippen LogP contribution in [0.1, 0.15) is 62.7 Å². The minimum atomic E-state index is -0.787. The fourth-order valence-corrected chi connectivity index (χ4v) is 3.75. The number of fused-ring (bicyclic) bond motifs is 1. The van der Waals surface area contributed by atoms with Crippen LogP contribution in [0.2, 0.25) is 0 Å². The van der Waals surface area contributed by atoms with Crippen LogP contribution < -0.4 is 5.73 Å². The molecule has 1 fully saturated rings. The number of nitrogens with two attached hydrogens (primary N) is 1. The Labute approximate surface area is 126 Å². The Kier molecular flexibility index (Phi) is 4.03. The van der Waals surface area contributed by atoms with Crippen LogP contribution in [-0.4, -0.2) is 11.5 Å². The molecule has 21 heavy (non-hydrogen) atoms. The Balaban J connectivity index is 1.76. The molecule has 2 N–H and O–H groups in total. The van der Waals surface area contributed by atoms with Gasteiger partial charge in [0.2, 0.25) is 0 Å². The molecule has 0 aliphatic heterocycles. The van der Waals surface area contributed by atoms with Gasteiger partial charge in [-0.25, -0.2) is 0 Å². The fraction of sp³-hybridized carbons (Fsp3) is 0.611. The topological polar surface area (TPSA) is 52.3 Å². The van der Waals surface area contributed by atoms with Crippen LogP contribution in [-0.2, 0) is 16.0 Å². The number of hydrogen-bond acceptors (Lipinski definition) is 3. The molecule has 3 nitrogen and oxygen atoms in total. The van der Waals surface area contributed by atoms with Crippen LogP contribution >= 0.6 is 0 Å². The maximum Gasteiger partial charge on any atom is 0.327 e. The first-order valence-corrected chi connectivity index (χ1v) is 8.19. The third kappa shape index (κ3) is 2.71. The number of hydrogen-bond donors (Lipinski definition) is 1. The van der Waals surface area contributed by atoms with E-state index >= 15 is 0 Å². The summed E-state index contributed by atoms with van der Waals surface area (Å²) in [5, 5.41) is 0. The number of rotatable bonds is 2. The normalized spacial score (nSPS) is 32.3. The van der Waals surface area contributed by atoms with Crippen LogP contribution in [0.15, 0.2) is 24.3 Å². The zero-order valence-electron chi connectivity index (χ0n) is 12.8. The molecule has 3 atom stereocenters. The second-order valence-electron chi connectivity index (χ2n) is 6.67. The van der Waals surface area contributed by atoms with E-state index in [1.807, 2.05) is 6.07 Å². The van der Waals surface area contributed by atoms with Crippen molar-refractivity contribution < 1.29 is 9.53 Å². The van der Waals surface area contributed by atoms with Crippen molar-refractivity contribution in [1.29, 1.82) is 0 Å². The molecule has 0 aromatic heterocycles. The first-order chi connectivity index (χ1) is 10.1. The first-order valence-electron chi connectivity index (χ1n) is 8.19. The zero-order chi connectivity index (χ0) is 14.9. The van der Waals surface area contributed by atoms with Crippen LogP contribution in [0.4, 0.5) is 0 Å². The summed E-state index contributed by atoms with van der Waals surface area (Å²) in [7, 11) is 0. The summed E-state index contributed by atoms with van der Waals surface area (Å²) in [5.41, 5.74) is 8.10. The molecule has 0 heterocycles. The van der Waals surface area contributed by atoms with Crippen molar-refractivity contribution in [2.75, 3.05) is 0 Å². The minimum absolute atomic E-state index is 0.114. The summed E-state index contributed by atoms with van der Waals surface area (Å²) in [5.74, 6) is 0.00832. The van der Waals surface area contributed by atoms with Crippen LogP contribution in [0.3, 0.4) is 0 Å². The molecule has 3 unspecified atom stereocenters. The molecule has 2 aliphatic rings. The van der Waals surface area contributed by atoms with Crippen molar-refractivity contribution in [3.63, 3.8) is 0 Å². The van der Waals surface area contributed by atoms with Crippen molar-refractivity contribution in [3.05, 3.63) is 35.4 Å². The second-order valence-corrected chi connectivity index (χ2v) is 6.67. The van der Waals surface area contributed by atoms with Gasteiger partial charge in [-0.3, -0.25) is 4.79 Å². The third-order valence-electron chi connectivity index (χ3n) is 5.30. The molecule has 3 heteroatoms. The van der Waals surface area contributed by atoms with E-state index < -0.39 is 5.54 Å². The van der Waals surface area contributed by atoms with Gasteiger partial charge in [-0.15, -0.1) is 0 Å². The monoisotopic (exact) mass is 287 g/mol. The number of aryl methyl sites for hydroxylation is 1. The lowest BCUT2D eigenvalue weighted by Gasteiger charge is -2.38.